The number of nitrogens with two attached hydrogens (primary N) is 2. The summed E-state index contributed by atoms with van der Waals surface area (Å²) < 4.78 is 5.44. The van der Waals surface area contributed by atoms with Gasteiger partial charge in [0, 0.05) is 32.5 Å². The molecule has 0 atom stereocenters. The zero-order chi connectivity index (χ0) is 41.3. The van der Waals surface area contributed by atoms with Crippen molar-refractivity contribution >= 4 is 37.1 Å². The number of ether oxygens (including phenoxy) is 1. The van der Waals surface area contributed by atoms with E-state index >= 15 is 0 Å². The van der Waals surface area contributed by atoms with Crippen LogP contribution in [0.3, 0.4) is 0 Å². The van der Waals surface area contributed by atoms with E-state index in [4.69, 9.17) is 19.4 Å². The van der Waals surface area contributed by atoms with Crippen LogP contribution in [-0.2, 0) is 33.5 Å². The Balaban J connectivity index is -0.000000150. The Hall–Kier alpha value is -2.92. The van der Waals surface area contributed by atoms with Gasteiger partial charge in [0.1, 0.15) is 18.4 Å². The van der Waals surface area contributed by atoms with E-state index in [9.17, 15) is 19.2 Å². The molecule has 6 N–H and O–H groups in total. The van der Waals surface area contributed by atoms with Crippen LogP contribution in [0.25, 0.3) is 0 Å². The molecule has 0 bridgehead atoms. The summed E-state index contributed by atoms with van der Waals surface area (Å²) in [6.07, 6.45) is 38.4. The number of carboxylic acids is 1. The smallest absolute Gasteiger partial charge is 0.317 e. The van der Waals surface area contributed by atoms with Crippen LogP contribution < -0.4 is 16.8 Å². The van der Waals surface area contributed by atoms with Crippen LogP contribution >= 0.6 is 0 Å². The number of aliphatic carboxylic acids is 1. The molecule has 0 radical (unpaired) electrons. The van der Waals surface area contributed by atoms with Gasteiger partial charge in [-0.25, -0.2) is 0 Å². The SMILES string of the molecule is C=CCCCCOCCCCCC=O.CCC(C)=O.CCCCCCCCCCCCCCCCCCCCC=O.CNCC(=O)O.NC=O.NC=O. The number of amides is 2. The van der Waals surface area contributed by atoms with Gasteiger partial charge in [0.2, 0.25) is 12.8 Å². The second-order valence-corrected chi connectivity index (χ2v) is 12.6. The van der Waals surface area contributed by atoms with Crippen molar-refractivity contribution in [3.05, 3.63) is 12.7 Å². The third-order valence-corrected chi connectivity index (χ3v) is 7.56. The Kier molecular flexibility index (Phi) is 82.7. The summed E-state index contributed by atoms with van der Waals surface area (Å²) >= 11 is 0. The van der Waals surface area contributed by atoms with Crippen molar-refractivity contribution in [2.24, 2.45) is 11.5 Å². The fraction of sp³-hybridized carbons (Fsp3) is 0.810. The Morgan fingerprint density at radius 3 is 1.11 bits per heavy atom. The quantitative estimate of drug-likeness (QED) is 0.0286. The highest BCUT2D eigenvalue weighted by atomic mass is 16.5. The number of carbonyl (C=O) groups is 6. The van der Waals surface area contributed by atoms with E-state index in [-0.39, 0.29) is 25.1 Å². The van der Waals surface area contributed by atoms with Crippen LogP contribution in [0.1, 0.15) is 194 Å². The van der Waals surface area contributed by atoms with E-state index in [0.29, 0.717) is 12.8 Å². The predicted octanol–water partition coefficient (Wildman–Crippen LogP) is 9.21. The number of hydrogen-bond acceptors (Lipinski definition) is 8. The van der Waals surface area contributed by atoms with Crippen molar-refractivity contribution in [2.45, 2.75) is 194 Å². The van der Waals surface area contributed by atoms with Crippen LogP contribution in [0.4, 0.5) is 0 Å². The minimum absolute atomic E-state index is 0.0417. The first kappa shape index (κ1) is 62.1. The second-order valence-electron chi connectivity index (χ2n) is 12.6. The molecule has 0 unspecified atom stereocenters. The zero-order valence-corrected chi connectivity index (χ0v) is 34.8. The summed E-state index contributed by atoms with van der Waals surface area (Å²) in [6.45, 7) is 11.1. The number of likely N-dealkylation sites (N-methyl/N-ethyl adjacent to an activating group) is 1. The van der Waals surface area contributed by atoms with Crippen molar-refractivity contribution in [3.63, 3.8) is 0 Å². The molecule has 0 heterocycles. The van der Waals surface area contributed by atoms with Gasteiger partial charge >= 0.3 is 5.97 Å². The van der Waals surface area contributed by atoms with Gasteiger partial charge < -0.3 is 41.0 Å². The summed E-state index contributed by atoms with van der Waals surface area (Å²) in [5, 5.41) is 10.3. The van der Waals surface area contributed by atoms with E-state index < -0.39 is 5.97 Å². The number of rotatable bonds is 33. The molecule has 0 fully saturated rings. The van der Waals surface area contributed by atoms with Crippen molar-refractivity contribution in [3.8, 4) is 0 Å². The average molecular weight is 760 g/mol. The molecule has 0 aromatic carbocycles. The van der Waals surface area contributed by atoms with Gasteiger partial charge in [0.25, 0.3) is 0 Å². The highest BCUT2D eigenvalue weighted by molar-refractivity contribution is 5.74. The zero-order valence-electron chi connectivity index (χ0n) is 34.8. The Labute approximate surface area is 325 Å². The molecule has 2 amide bonds. The first-order valence-electron chi connectivity index (χ1n) is 20.4. The van der Waals surface area contributed by atoms with Crippen molar-refractivity contribution in [1.29, 1.82) is 0 Å². The minimum atomic E-state index is -0.822. The van der Waals surface area contributed by atoms with Gasteiger partial charge in [0.15, 0.2) is 0 Å². The van der Waals surface area contributed by atoms with E-state index in [0.717, 1.165) is 70.7 Å². The first-order chi connectivity index (χ1) is 25.7. The highest BCUT2D eigenvalue weighted by Gasteiger charge is 1.95. The maximum atomic E-state index is 10.2. The van der Waals surface area contributed by atoms with E-state index in [1.54, 1.807) is 14.0 Å². The number of nitrogens with one attached hydrogen (secondary N) is 1. The van der Waals surface area contributed by atoms with Gasteiger partial charge in [-0.3, -0.25) is 14.4 Å². The molecular weight excluding hydrogens is 674 g/mol. The summed E-state index contributed by atoms with van der Waals surface area (Å²) in [5.41, 5.74) is 8.33. The monoisotopic (exact) mass is 760 g/mol. The fourth-order valence-electron chi connectivity index (χ4n) is 4.48. The number of aldehydes is 2. The number of ketones is 1. The van der Waals surface area contributed by atoms with Crippen LogP contribution in [0.5, 0.6) is 0 Å². The van der Waals surface area contributed by atoms with Crippen molar-refractivity contribution in [2.75, 3.05) is 26.8 Å². The molecule has 11 heteroatoms. The second kappa shape index (κ2) is 70.6. The lowest BCUT2D eigenvalue weighted by molar-refractivity contribution is -0.136. The molecule has 0 aliphatic heterocycles. The average Bonchev–Trinajstić information content (AvgIpc) is 3.13. The van der Waals surface area contributed by atoms with Gasteiger partial charge in [0.05, 0.1) is 6.54 Å². The largest absolute Gasteiger partial charge is 0.480 e. The number of Topliss-reactive ketones (excluding diaryl/α,β-unsaturated/α-hetero) is 1. The number of hydrogen-bond donors (Lipinski definition) is 4. The highest BCUT2D eigenvalue weighted by Crippen LogP contribution is 2.14. The van der Waals surface area contributed by atoms with Crippen molar-refractivity contribution < 1.29 is 38.6 Å². The molecule has 11 nitrogen and oxygen atoms in total. The third-order valence-electron chi connectivity index (χ3n) is 7.56. The first-order valence-corrected chi connectivity index (χ1v) is 20.4. The van der Waals surface area contributed by atoms with Crippen LogP contribution in [0.15, 0.2) is 12.7 Å². The van der Waals surface area contributed by atoms with E-state index in [1.165, 1.54) is 116 Å². The van der Waals surface area contributed by atoms with Gasteiger partial charge in [-0.1, -0.05) is 135 Å². The maximum absolute atomic E-state index is 10.2. The Bertz CT molecular complexity index is 702. The topological polar surface area (TPSA) is 196 Å². The number of unbranched alkanes of at least 4 members (excludes halogenated alkanes) is 23. The van der Waals surface area contributed by atoms with E-state index in [2.05, 4.69) is 30.3 Å². The summed E-state index contributed by atoms with van der Waals surface area (Å²) in [7, 11) is 1.59. The van der Waals surface area contributed by atoms with Gasteiger partial charge in [-0.15, -0.1) is 6.58 Å². The molecule has 0 aromatic heterocycles. The fourth-order valence-corrected chi connectivity index (χ4v) is 4.48. The van der Waals surface area contributed by atoms with Crippen LogP contribution in [0.2, 0.25) is 0 Å². The minimum Gasteiger partial charge on any atom is -0.480 e. The van der Waals surface area contributed by atoms with Gasteiger partial charge in [-0.05, 0) is 52.5 Å². The van der Waals surface area contributed by atoms with Crippen molar-refractivity contribution in [1.82, 2.24) is 5.32 Å². The normalized spacial score (nSPS) is 9.28. The lowest BCUT2D eigenvalue weighted by Crippen LogP contribution is -2.16. The molecule has 53 heavy (non-hydrogen) atoms. The van der Waals surface area contributed by atoms with Gasteiger partial charge in [-0.2, -0.15) is 0 Å². The lowest BCUT2D eigenvalue weighted by Gasteiger charge is -2.03. The predicted molar refractivity (Wildman–Crippen MR) is 222 cm³/mol. The Morgan fingerprint density at radius 1 is 0.585 bits per heavy atom. The summed E-state index contributed by atoms with van der Waals surface area (Å²) in [5.74, 6) is -0.567. The number of carbonyl (C=O) groups excluding carboxylic acids is 5. The third kappa shape index (κ3) is 106. The van der Waals surface area contributed by atoms with E-state index in [1.807, 2.05) is 13.0 Å². The molecule has 0 saturated carbocycles. The number of carboxylic acid groups (broad SMARTS) is 1. The molecule has 316 valence electrons. The lowest BCUT2D eigenvalue weighted by atomic mass is 10.0. The van der Waals surface area contributed by atoms with Crippen LogP contribution in [-0.4, -0.2) is 69.1 Å². The molecule has 0 rings (SSSR count). The summed E-state index contributed by atoms with van der Waals surface area (Å²) in [6, 6.07) is 0. The molecule has 0 aliphatic rings. The summed E-state index contributed by atoms with van der Waals surface area (Å²) in [4.78, 5) is 56.7. The van der Waals surface area contributed by atoms with Crippen LogP contribution in [0, 0.1) is 0 Å². The molecule has 0 aromatic rings. The number of primary amides is 2. The molecule has 0 saturated heterocycles. The maximum Gasteiger partial charge on any atom is 0.317 e. The number of allylic oxidation sites excluding steroid dienone is 1. The molecular formula is C42H85N3O8. The molecule has 0 aliphatic carbocycles. The Morgan fingerprint density at radius 2 is 0.868 bits per heavy atom. The standard InChI is InChI=1S/C21H42O.C12H22O2.C4H8O.C3H7NO2.2CH3NO/c1-2-3-4-5-6-7-8-9-10-11-12-13-14-15-16-17-18-19-20-21-22;1-2-3-4-8-11-14-12-9-6-5-7-10-13;1-3-4(2)5;1-4-2-3(5)6;2*2-1-3/h21H,2-20H2,1H3;2,10H,1,3-9,11-12H2;3H2,1-2H3;4H,2H2,1H3,(H,5,6);2*1H,(H2,2,3). The molecule has 0 spiro atoms.